The molecule has 40 heavy (non-hydrogen) atoms. The quantitative estimate of drug-likeness (QED) is 0.353. The number of ether oxygens (including phenoxy) is 2. The van der Waals surface area contributed by atoms with Crippen molar-refractivity contribution >= 4 is 6.09 Å². The number of piperazine rings is 1. The van der Waals surface area contributed by atoms with Crippen molar-refractivity contribution in [3.63, 3.8) is 0 Å². The minimum absolute atomic E-state index is 0.127. The molecule has 4 heterocycles. The Hall–Kier alpha value is -4.09. The molecule has 1 aliphatic heterocycles. The number of aromatic nitrogens is 5. The van der Waals surface area contributed by atoms with Crippen LogP contribution in [0.4, 0.5) is 4.79 Å². The summed E-state index contributed by atoms with van der Waals surface area (Å²) in [6, 6.07) is 13.9. The maximum absolute atomic E-state index is 12.4. The molecular formula is C29H33N7O4. The van der Waals surface area contributed by atoms with E-state index in [-0.39, 0.29) is 17.4 Å². The van der Waals surface area contributed by atoms with Gasteiger partial charge >= 0.3 is 6.09 Å². The lowest BCUT2D eigenvalue weighted by Crippen LogP contribution is -2.47. The molecule has 6 rings (SSSR count). The smallest absolute Gasteiger partial charge is 0.391 e. The predicted molar refractivity (Wildman–Crippen MR) is 147 cm³/mol. The van der Waals surface area contributed by atoms with E-state index in [0.717, 1.165) is 49.4 Å². The molecule has 1 N–H and O–H groups in total. The summed E-state index contributed by atoms with van der Waals surface area (Å²) in [5.74, 6) is 1.15. The third-order valence-corrected chi connectivity index (χ3v) is 7.81. The maximum Gasteiger partial charge on any atom is 0.416 e. The Labute approximate surface area is 232 Å². The largest absolute Gasteiger partial charge is 0.416 e. The average Bonchev–Trinajstić information content (AvgIpc) is 3.59. The molecule has 3 aromatic heterocycles. The Bertz CT molecular complexity index is 1470. The molecule has 1 amide bonds. The summed E-state index contributed by atoms with van der Waals surface area (Å²) in [6.45, 7) is 5.92. The number of methoxy groups -OCH3 is 1. The first-order valence-corrected chi connectivity index (χ1v) is 13.6. The van der Waals surface area contributed by atoms with Crippen LogP contribution in [0, 0.1) is 6.92 Å². The summed E-state index contributed by atoms with van der Waals surface area (Å²) in [6.07, 6.45) is 4.78. The standard InChI is InChI=1S/C29H33N7O4/c1-20-16-24(27-32-26(34-40-27)22-4-6-23(7-5-22)29(19-38-2)9-3-10-29)33-36(20)18-21-8-11-31-25(17-21)39-28(37)35-14-12-30-13-15-35/h4-8,11,16-17,30H,3,9-10,12-15,18-19H2,1-2H3. The van der Waals surface area contributed by atoms with Gasteiger partial charge in [-0.2, -0.15) is 10.1 Å². The normalized spacial score (nSPS) is 16.5. The van der Waals surface area contributed by atoms with Crippen LogP contribution in [0.15, 0.2) is 53.2 Å². The average molecular weight is 544 g/mol. The molecule has 0 atom stereocenters. The van der Waals surface area contributed by atoms with Crippen LogP contribution in [0.1, 0.15) is 36.1 Å². The number of hydrogen-bond acceptors (Lipinski definition) is 9. The molecular weight excluding hydrogens is 510 g/mol. The van der Waals surface area contributed by atoms with E-state index in [1.807, 2.05) is 35.9 Å². The highest BCUT2D eigenvalue weighted by atomic mass is 16.6. The first kappa shape index (κ1) is 26.1. The Kier molecular flexibility index (Phi) is 7.31. The number of carbonyl (C=O) groups excluding carboxylic acids is 1. The number of nitrogens with zero attached hydrogens (tertiary/aromatic N) is 6. The lowest BCUT2D eigenvalue weighted by molar-refractivity contribution is 0.0792. The SMILES string of the molecule is COCC1(c2ccc(-c3noc(-c4cc(C)n(Cc5ccnc(OC(=O)N6CCNCC6)c5)n4)n3)cc2)CCC1. The predicted octanol–water partition coefficient (Wildman–Crippen LogP) is 3.82. The molecule has 4 aromatic rings. The molecule has 208 valence electrons. The van der Waals surface area contributed by atoms with Crippen LogP contribution in [0.5, 0.6) is 5.88 Å². The first-order valence-electron chi connectivity index (χ1n) is 13.6. The molecule has 2 fully saturated rings. The minimum atomic E-state index is -0.386. The second-order valence-corrected chi connectivity index (χ2v) is 10.5. The molecule has 2 aliphatic rings. The number of benzene rings is 1. The van der Waals surface area contributed by atoms with Gasteiger partial charge in [0.15, 0.2) is 5.69 Å². The zero-order valence-electron chi connectivity index (χ0n) is 22.8. The second kappa shape index (κ2) is 11.2. The Balaban J connectivity index is 1.13. The fourth-order valence-electron chi connectivity index (χ4n) is 5.37. The number of hydrogen-bond donors (Lipinski definition) is 1. The van der Waals surface area contributed by atoms with Gasteiger partial charge in [0.2, 0.25) is 11.7 Å². The van der Waals surface area contributed by atoms with E-state index in [1.54, 1.807) is 24.3 Å². The highest BCUT2D eigenvalue weighted by molar-refractivity contribution is 5.70. The van der Waals surface area contributed by atoms with E-state index < -0.39 is 0 Å². The van der Waals surface area contributed by atoms with Gasteiger partial charge in [-0.05, 0) is 43.0 Å². The zero-order chi connectivity index (χ0) is 27.5. The van der Waals surface area contributed by atoms with Gasteiger partial charge in [0.05, 0.1) is 13.2 Å². The van der Waals surface area contributed by atoms with Crippen LogP contribution in [0.2, 0.25) is 0 Å². The Morgan fingerprint density at radius 3 is 2.65 bits per heavy atom. The molecule has 1 aromatic carbocycles. The van der Waals surface area contributed by atoms with E-state index in [9.17, 15) is 4.79 Å². The van der Waals surface area contributed by atoms with E-state index in [2.05, 4.69) is 32.6 Å². The summed E-state index contributed by atoms with van der Waals surface area (Å²) in [7, 11) is 1.76. The number of carbonyl (C=O) groups is 1. The summed E-state index contributed by atoms with van der Waals surface area (Å²) < 4.78 is 18.4. The number of rotatable bonds is 8. The fourth-order valence-corrected chi connectivity index (χ4v) is 5.37. The molecule has 0 unspecified atom stereocenters. The molecule has 11 nitrogen and oxygen atoms in total. The third kappa shape index (κ3) is 5.34. The van der Waals surface area contributed by atoms with Crippen molar-refractivity contribution in [1.82, 2.24) is 35.1 Å². The maximum atomic E-state index is 12.4. The number of amides is 1. The van der Waals surface area contributed by atoms with E-state index in [0.29, 0.717) is 37.0 Å². The van der Waals surface area contributed by atoms with Crippen molar-refractivity contribution in [3.8, 4) is 28.9 Å². The van der Waals surface area contributed by atoms with Crippen LogP contribution in [0.3, 0.4) is 0 Å². The molecule has 1 aliphatic carbocycles. The fraction of sp³-hybridized carbons (Fsp3) is 0.414. The Morgan fingerprint density at radius 2 is 1.93 bits per heavy atom. The number of nitrogens with one attached hydrogen (secondary N) is 1. The van der Waals surface area contributed by atoms with Crippen molar-refractivity contribution in [1.29, 1.82) is 0 Å². The van der Waals surface area contributed by atoms with E-state index >= 15 is 0 Å². The molecule has 0 bridgehead atoms. The van der Waals surface area contributed by atoms with Crippen LogP contribution in [-0.2, 0) is 16.7 Å². The highest BCUT2D eigenvalue weighted by Crippen LogP contribution is 2.44. The number of pyridine rings is 1. The van der Waals surface area contributed by atoms with Crippen LogP contribution in [-0.4, -0.2) is 75.8 Å². The summed E-state index contributed by atoms with van der Waals surface area (Å²) in [5.41, 5.74) is 4.74. The molecule has 1 saturated carbocycles. The van der Waals surface area contributed by atoms with Gasteiger partial charge < -0.3 is 24.2 Å². The van der Waals surface area contributed by atoms with Crippen LogP contribution < -0.4 is 10.1 Å². The summed E-state index contributed by atoms with van der Waals surface area (Å²) in [5, 5.41) is 12.1. The topological polar surface area (TPSA) is 120 Å². The second-order valence-electron chi connectivity index (χ2n) is 10.5. The minimum Gasteiger partial charge on any atom is -0.391 e. The Morgan fingerprint density at radius 1 is 1.12 bits per heavy atom. The lowest BCUT2D eigenvalue weighted by atomic mass is 9.65. The molecule has 0 radical (unpaired) electrons. The highest BCUT2D eigenvalue weighted by Gasteiger charge is 2.38. The van der Waals surface area contributed by atoms with Gasteiger partial charge in [-0.3, -0.25) is 4.68 Å². The van der Waals surface area contributed by atoms with Gasteiger partial charge in [0, 0.05) is 62.2 Å². The molecule has 11 heteroatoms. The van der Waals surface area contributed by atoms with Crippen molar-refractivity contribution in [2.24, 2.45) is 0 Å². The lowest BCUT2D eigenvalue weighted by Gasteiger charge is -2.42. The van der Waals surface area contributed by atoms with Crippen molar-refractivity contribution in [2.45, 2.75) is 38.1 Å². The van der Waals surface area contributed by atoms with Gasteiger partial charge in [0.25, 0.3) is 5.89 Å². The third-order valence-electron chi connectivity index (χ3n) is 7.81. The van der Waals surface area contributed by atoms with Crippen molar-refractivity contribution < 1.29 is 18.8 Å². The van der Waals surface area contributed by atoms with E-state index in [1.165, 1.54) is 12.0 Å². The van der Waals surface area contributed by atoms with Gasteiger partial charge in [-0.15, -0.1) is 0 Å². The summed E-state index contributed by atoms with van der Waals surface area (Å²) in [4.78, 5) is 22.9. The van der Waals surface area contributed by atoms with Gasteiger partial charge in [0.1, 0.15) is 0 Å². The van der Waals surface area contributed by atoms with E-state index in [4.69, 9.17) is 19.1 Å². The zero-order valence-corrected chi connectivity index (χ0v) is 22.8. The number of aryl methyl sites for hydroxylation is 1. The molecule has 0 spiro atoms. The van der Waals surface area contributed by atoms with Crippen molar-refractivity contribution in [2.75, 3.05) is 39.9 Å². The van der Waals surface area contributed by atoms with Crippen molar-refractivity contribution in [3.05, 3.63) is 65.5 Å². The van der Waals surface area contributed by atoms with Gasteiger partial charge in [-0.1, -0.05) is 35.8 Å². The van der Waals surface area contributed by atoms with Crippen LogP contribution >= 0.6 is 0 Å². The summed E-state index contributed by atoms with van der Waals surface area (Å²) >= 11 is 0. The van der Waals surface area contributed by atoms with Crippen LogP contribution in [0.25, 0.3) is 23.0 Å². The molecule has 1 saturated heterocycles. The first-order chi connectivity index (χ1) is 19.5. The monoisotopic (exact) mass is 543 g/mol. The van der Waals surface area contributed by atoms with Gasteiger partial charge in [-0.25, -0.2) is 9.78 Å².